The first-order chi connectivity index (χ1) is 12.7. The number of carbonyl (C=O) groups is 1. The van der Waals surface area contributed by atoms with Crippen LogP contribution in [0.5, 0.6) is 0 Å². The number of nitrogens with one attached hydrogen (secondary N) is 3. The van der Waals surface area contributed by atoms with E-state index in [0.29, 0.717) is 5.82 Å². The van der Waals surface area contributed by atoms with Crippen molar-refractivity contribution in [1.82, 2.24) is 20.5 Å². The van der Waals surface area contributed by atoms with Gasteiger partial charge in [-0.1, -0.05) is 17.4 Å². The fourth-order valence-corrected chi connectivity index (χ4v) is 3.86. The highest BCUT2D eigenvalue weighted by molar-refractivity contribution is 7.18. The Labute approximate surface area is 155 Å². The van der Waals surface area contributed by atoms with Crippen molar-refractivity contribution in [2.45, 2.75) is 12.8 Å². The molecule has 1 saturated heterocycles. The lowest BCUT2D eigenvalue weighted by atomic mass is 9.97. The van der Waals surface area contributed by atoms with E-state index in [-0.39, 0.29) is 11.8 Å². The number of aromatic nitrogens is 3. The molecule has 134 valence electrons. The van der Waals surface area contributed by atoms with E-state index in [4.69, 9.17) is 0 Å². The van der Waals surface area contributed by atoms with Gasteiger partial charge in [0.1, 0.15) is 0 Å². The summed E-state index contributed by atoms with van der Waals surface area (Å²) >= 11 is 1.59. The van der Waals surface area contributed by atoms with Crippen LogP contribution in [0, 0.1) is 5.92 Å². The highest BCUT2D eigenvalue weighted by Gasteiger charge is 2.21. The smallest absolute Gasteiger partial charge is 0.228 e. The van der Waals surface area contributed by atoms with Crippen LogP contribution in [0.25, 0.3) is 21.3 Å². The van der Waals surface area contributed by atoms with E-state index in [9.17, 15) is 4.79 Å². The van der Waals surface area contributed by atoms with Crippen molar-refractivity contribution in [1.29, 1.82) is 0 Å². The average molecular weight is 368 g/mol. The highest BCUT2D eigenvalue weighted by atomic mass is 32.1. The topological polar surface area (TPSA) is 91.8 Å². The summed E-state index contributed by atoms with van der Waals surface area (Å²) in [5.74, 6) is 0.563. The Hall–Kier alpha value is -2.58. The van der Waals surface area contributed by atoms with Gasteiger partial charge in [0.15, 0.2) is 10.9 Å². The van der Waals surface area contributed by atoms with Crippen LogP contribution in [0.2, 0.25) is 0 Å². The predicted octanol–water partition coefficient (Wildman–Crippen LogP) is 2.73. The monoisotopic (exact) mass is 368 g/mol. The maximum absolute atomic E-state index is 12.4. The SMILES string of the molecule is CNc1ncc(-c2ccc3nnc(NC(=O)C4CCNCC4)cc3c2)s1. The summed E-state index contributed by atoms with van der Waals surface area (Å²) in [6.45, 7) is 1.77. The van der Waals surface area contributed by atoms with Gasteiger partial charge < -0.3 is 16.0 Å². The maximum Gasteiger partial charge on any atom is 0.228 e. The number of hydrogen-bond acceptors (Lipinski definition) is 7. The van der Waals surface area contributed by atoms with Gasteiger partial charge in [-0.2, -0.15) is 0 Å². The van der Waals surface area contributed by atoms with E-state index < -0.39 is 0 Å². The number of thiazole rings is 1. The highest BCUT2D eigenvalue weighted by Crippen LogP contribution is 2.30. The molecule has 0 spiro atoms. The molecule has 1 fully saturated rings. The molecule has 1 aliphatic heterocycles. The largest absolute Gasteiger partial charge is 0.365 e. The van der Waals surface area contributed by atoms with E-state index in [1.54, 1.807) is 11.3 Å². The second kappa shape index (κ2) is 7.35. The van der Waals surface area contributed by atoms with Crippen molar-refractivity contribution in [3.63, 3.8) is 0 Å². The van der Waals surface area contributed by atoms with Gasteiger partial charge in [0, 0.05) is 24.5 Å². The minimum Gasteiger partial charge on any atom is -0.365 e. The molecular weight excluding hydrogens is 348 g/mol. The van der Waals surface area contributed by atoms with E-state index in [2.05, 4.69) is 37.2 Å². The summed E-state index contributed by atoms with van der Waals surface area (Å²) in [5.41, 5.74) is 1.87. The third-order valence-corrected chi connectivity index (χ3v) is 5.61. The van der Waals surface area contributed by atoms with Crippen LogP contribution in [-0.2, 0) is 4.79 Å². The molecule has 0 unspecified atom stereocenters. The number of piperidine rings is 1. The molecule has 0 atom stereocenters. The second-order valence-corrected chi connectivity index (χ2v) is 7.33. The zero-order valence-electron chi connectivity index (χ0n) is 14.5. The Kier molecular flexibility index (Phi) is 4.77. The molecule has 3 aromatic rings. The predicted molar refractivity (Wildman–Crippen MR) is 104 cm³/mol. The second-order valence-electron chi connectivity index (χ2n) is 6.30. The molecule has 2 aromatic heterocycles. The van der Waals surface area contributed by atoms with Crippen molar-refractivity contribution < 1.29 is 4.79 Å². The van der Waals surface area contributed by atoms with Crippen LogP contribution in [0.1, 0.15) is 12.8 Å². The lowest BCUT2D eigenvalue weighted by molar-refractivity contribution is -0.120. The number of carbonyl (C=O) groups excluding carboxylic acids is 1. The van der Waals surface area contributed by atoms with Crippen molar-refractivity contribution in [2.75, 3.05) is 30.8 Å². The summed E-state index contributed by atoms with van der Waals surface area (Å²) < 4.78 is 0. The van der Waals surface area contributed by atoms with E-state index >= 15 is 0 Å². The molecule has 26 heavy (non-hydrogen) atoms. The summed E-state index contributed by atoms with van der Waals surface area (Å²) in [6.07, 6.45) is 3.57. The van der Waals surface area contributed by atoms with Gasteiger partial charge in [-0.3, -0.25) is 4.79 Å². The number of anilines is 2. The summed E-state index contributed by atoms with van der Waals surface area (Å²) in [4.78, 5) is 17.8. The Morgan fingerprint density at radius 1 is 1.23 bits per heavy atom. The minimum atomic E-state index is 0.0254. The first kappa shape index (κ1) is 16.9. The molecule has 3 heterocycles. The van der Waals surface area contributed by atoms with Crippen LogP contribution in [-0.4, -0.2) is 41.2 Å². The number of hydrogen-bond donors (Lipinski definition) is 3. The van der Waals surface area contributed by atoms with Crippen LogP contribution in [0.15, 0.2) is 30.5 Å². The van der Waals surface area contributed by atoms with Gasteiger partial charge in [-0.25, -0.2) is 4.98 Å². The van der Waals surface area contributed by atoms with Crippen LogP contribution in [0.3, 0.4) is 0 Å². The van der Waals surface area contributed by atoms with E-state index in [1.807, 2.05) is 31.4 Å². The standard InChI is InChI=1S/C18H20N6OS/c1-19-18-21-10-15(26-18)12-2-3-14-13(8-12)9-16(24-23-14)22-17(25)11-4-6-20-7-5-11/h2-3,8-11,20H,4-7H2,1H3,(H,19,21)(H,22,24,25). The van der Waals surface area contributed by atoms with Crippen molar-refractivity contribution in [3.05, 3.63) is 30.5 Å². The normalized spacial score (nSPS) is 15.1. The molecular formula is C18H20N6OS. The van der Waals surface area contributed by atoms with Crippen molar-refractivity contribution in [2.24, 2.45) is 5.92 Å². The Morgan fingerprint density at radius 2 is 2.08 bits per heavy atom. The molecule has 4 rings (SSSR count). The fourth-order valence-electron chi connectivity index (χ4n) is 3.09. The number of nitrogens with zero attached hydrogens (tertiary/aromatic N) is 3. The third-order valence-electron chi connectivity index (χ3n) is 4.55. The van der Waals surface area contributed by atoms with Gasteiger partial charge >= 0.3 is 0 Å². The van der Waals surface area contributed by atoms with Gasteiger partial charge in [0.05, 0.1) is 10.4 Å². The first-order valence-electron chi connectivity index (χ1n) is 8.66. The molecule has 0 bridgehead atoms. The van der Waals surface area contributed by atoms with Crippen molar-refractivity contribution >= 4 is 39.1 Å². The minimum absolute atomic E-state index is 0.0254. The number of rotatable bonds is 4. The van der Waals surface area contributed by atoms with Gasteiger partial charge in [-0.05, 0) is 49.7 Å². The average Bonchev–Trinajstić information content (AvgIpc) is 3.17. The van der Waals surface area contributed by atoms with Crippen LogP contribution in [0.4, 0.5) is 10.9 Å². The Morgan fingerprint density at radius 3 is 2.85 bits per heavy atom. The van der Waals surface area contributed by atoms with E-state index in [0.717, 1.165) is 52.4 Å². The molecule has 0 aliphatic carbocycles. The van der Waals surface area contributed by atoms with Crippen LogP contribution < -0.4 is 16.0 Å². The molecule has 1 aliphatic rings. The van der Waals surface area contributed by atoms with E-state index in [1.165, 1.54) is 0 Å². The number of fused-ring (bicyclic) bond motifs is 1. The van der Waals surface area contributed by atoms with Gasteiger partial charge in [0.25, 0.3) is 0 Å². The van der Waals surface area contributed by atoms with Crippen molar-refractivity contribution in [3.8, 4) is 10.4 Å². The number of benzene rings is 1. The molecule has 0 radical (unpaired) electrons. The lowest BCUT2D eigenvalue weighted by Gasteiger charge is -2.21. The first-order valence-corrected chi connectivity index (χ1v) is 9.47. The van der Waals surface area contributed by atoms with Gasteiger partial charge in [-0.15, -0.1) is 10.2 Å². The summed E-state index contributed by atoms with van der Waals surface area (Å²) in [6, 6.07) is 7.88. The third kappa shape index (κ3) is 3.51. The maximum atomic E-state index is 12.4. The molecule has 1 aromatic carbocycles. The summed E-state index contributed by atoms with van der Waals surface area (Å²) in [5, 5.41) is 19.4. The van der Waals surface area contributed by atoms with Gasteiger partial charge in [0.2, 0.25) is 5.91 Å². The Bertz CT molecular complexity index is 934. The molecule has 0 saturated carbocycles. The molecule has 8 heteroatoms. The fraction of sp³-hybridized carbons (Fsp3) is 0.333. The summed E-state index contributed by atoms with van der Waals surface area (Å²) in [7, 11) is 1.86. The molecule has 7 nitrogen and oxygen atoms in total. The Balaban J connectivity index is 1.58. The zero-order valence-corrected chi connectivity index (χ0v) is 15.3. The molecule has 1 amide bonds. The lowest BCUT2D eigenvalue weighted by Crippen LogP contribution is -2.34. The quantitative estimate of drug-likeness (QED) is 0.656. The number of amides is 1. The zero-order chi connectivity index (χ0) is 17.9. The van der Waals surface area contributed by atoms with Crippen LogP contribution >= 0.6 is 11.3 Å². The molecule has 3 N–H and O–H groups in total.